The van der Waals surface area contributed by atoms with E-state index in [1.165, 1.54) is 12.8 Å². The minimum absolute atomic E-state index is 0.0372. The van der Waals surface area contributed by atoms with Gasteiger partial charge in [0.05, 0.1) is 6.04 Å². The number of aromatic nitrogens is 1. The second-order valence-corrected chi connectivity index (χ2v) is 5.75. The fraction of sp³-hybridized carbons (Fsp3) is 0.625. The lowest BCUT2D eigenvalue weighted by Gasteiger charge is -2.24. The van der Waals surface area contributed by atoms with Crippen LogP contribution in [0.15, 0.2) is 18.5 Å². The van der Waals surface area contributed by atoms with E-state index >= 15 is 0 Å². The topological polar surface area (TPSA) is 57.3 Å². The molecule has 5 nitrogen and oxygen atoms in total. The second kappa shape index (κ2) is 7.98. The summed E-state index contributed by atoms with van der Waals surface area (Å²) in [6, 6.07) is 1.99. The maximum absolute atomic E-state index is 12.2. The standard InChI is InChI=1S/C16H26N4O/c1-13-12-17-8-7-14(13)18-9-10-19-16(21)15-6-4-3-5-11-20(15)2/h7-8,12,15H,3-6,9-11H2,1-2H3,(H,17,18)(H,19,21)/t15-/m0/s1. The summed E-state index contributed by atoms with van der Waals surface area (Å²) >= 11 is 0. The summed E-state index contributed by atoms with van der Waals surface area (Å²) < 4.78 is 0. The van der Waals surface area contributed by atoms with E-state index < -0.39 is 0 Å². The third-order valence-electron chi connectivity index (χ3n) is 4.08. The molecule has 0 bridgehead atoms. The molecule has 2 rings (SSSR count). The van der Waals surface area contributed by atoms with E-state index in [9.17, 15) is 4.79 Å². The first-order valence-electron chi connectivity index (χ1n) is 7.81. The van der Waals surface area contributed by atoms with Crippen LogP contribution in [0, 0.1) is 6.92 Å². The van der Waals surface area contributed by atoms with Crippen molar-refractivity contribution in [3.63, 3.8) is 0 Å². The van der Waals surface area contributed by atoms with Gasteiger partial charge in [0.25, 0.3) is 0 Å². The molecule has 1 aromatic heterocycles. The highest BCUT2D eigenvalue weighted by Gasteiger charge is 2.23. The van der Waals surface area contributed by atoms with Crippen LogP contribution in [0.5, 0.6) is 0 Å². The molecule has 0 aliphatic carbocycles. The number of likely N-dealkylation sites (N-methyl/N-ethyl adjacent to an activating group) is 1. The van der Waals surface area contributed by atoms with Crippen molar-refractivity contribution >= 4 is 11.6 Å². The van der Waals surface area contributed by atoms with E-state index in [1.54, 1.807) is 6.20 Å². The van der Waals surface area contributed by atoms with Gasteiger partial charge in [-0.15, -0.1) is 0 Å². The number of aryl methyl sites for hydroxylation is 1. The highest BCUT2D eigenvalue weighted by Crippen LogP contribution is 2.15. The molecule has 1 atom stereocenters. The van der Waals surface area contributed by atoms with Gasteiger partial charge >= 0.3 is 0 Å². The van der Waals surface area contributed by atoms with Gasteiger partial charge in [0.1, 0.15) is 0 Å². The summed E-state index contributed by atoms with van der Waals surface area (Å²) in [5, 5.41) is 6.37. The van der Waals surface area contributed by atoms with Gasteiger partial charge in [-0.1, -0.05) is 12.8 Å². The Bertz CT molecular complexity index is 463. The van der Waals surface area contributed by atoms with Crippen molar-refractivity contribution in [3.8, 4) is 0 Å². The lowest BCUT2D eigenvalue weighted by atomic mass is 10.1. The molecule has 1 aromatic rings. The number of pyridine rings is 1. The molecule has 0 saturated carbocycles. The smallest absolute Gasteiger partial charge is 0.237 e. The third kappa shape index (κ3) is 4.70. The Balaban J connectivity index is 1.72. The first-order chi connectivity index (χ1) is 10.2. The summed E-state index contributed by atoms with van der Waals surface area (Å²) in [5.74, 6) is 0.160. The number of hydrogen-bond donors (Lipinski definition) is 2. The number of rotatable bonds is 5. The van der Waals surface area contributed by atoms with Crippen molar-refractivity contribution in [3.05, 3.63) is 24.0 Å². The molecule has 116 valence electrons. The molecular weight excluding hydrogens is 264 g/mol. The van der Waals surface area contributed by atoms with E-state index in [4.69, 9.17) is 0 Å². The average molecular weight is 290 g/mol. The summed E-state index contributed by atoms with van der Waals surface area (Å²) in [5.41, 5.74) is 2.19. The van der Waals surface area contributed by atoms with Crippen molar-refractivity contribution < 1.29 is 4.79 Å². The molecule has 1 aliphatic rings. The van der Waals surface area contributed by atoms with Crippen LogP contribution in [-0.4, -0.2) is 48.5 Å². The number of nitrogens with zero attached hydrogens (tertiary/aromatic N) is 2. The molecule has 1 amide bonds. The zero-order valence-electron chi connectivity index (χ0n) is 13.1. The van der Waals surface area contributed by atoms with Crippen LogP contribution < -0.4 is 10.6 Å². The maximum atomic E-state index is 12.2. The fourth-order valence-corrected chi connectivity index (χ4v) is 2.76. The minimum Gasteiger partial charge on any atom is -0.383 e. The third-order valence-corrected chi connectivity index (χ3v) is 4.08. The molecule has 1 fully saturated rings. The van der Waals surface area contributed by atoms with Crippen molar-refractivity contribution in [1.29, 1.82) is 0 Å². The van der Waals surface area contributed by atoms with Gasteiger partial charge in [-0.25, -0.2) is 0 Å². The Morgan fingerprint density at radius 3 is 3.05 bits per heavy atom. The largest absolute Gasteiger partial charge is 0.383 e. The van der Waals surface area contributed by atoms with E-state index in [0.29, 0.717) is 6.54 Å². The molecular formula is C16H26N4O. The lowest BCUT2D eigenvalue weighted by Crippen LogP contribution is -2.45. The average Bonchev–Trinajstić information content (AvgIpc) is 2.69. The molecule has 2 N–H and O–H groups in total. The van der Waals surface area contributed by atoms with E-state index in [1.807, 2.05) is 26.2 Å². The number of carbonyl (C=O) groups is 1. The van der Waals surface area contributed by atoms with Gasteiger partial charge in [-0.05, 0) is 45.0 Å². The Morgan fingerprint density at radius 2 is 2.24 bits per heavy atom. The van der Waals surface area contributed by atoms with Gasteiger partial charge in [-0.3, -0.25) is 14.7 Å². The first kappa shape index (κ1) is 15.8. The predicted octanol–water partition coefficient (Wildman–Crippen LogP) is 1.79. The van der Waals surface area contributed by atoms with Crippen molar-refractivity contribution in [2.24, 2.45) is 0 Å². The predicted molar refractivity (Wildman–Crippen MR) is 85.4 cm³/mol. The van der Waals surface area contributed by atoms with Crippen molar-refractivity contribution in [2.75, 3.05) is 32.0 Å². The summed E-state index contributed by atoms with van der Waals surface area (Å²) in [4.78, 5) is 18.5. The Hall–Kier alpha value is -1.62. The molecule has 21 heavy (non-hydrogen) atoms. The number of anilines is 1. The van der Waals surface area contributed by atoms with Crippen LogP contribution in [0.25, 0.3) is 0 Å². The number of hydrogen-bond acceptors (Lipinski definition) is 4. The molecule has 1 aliphatic heterocycles. The molecule has 2 heterocycles. The van der Waals surface area contributed by atoms with Crippen LogP contribution in [-0.2, 0) is 4.79 Å². The van der Waals surface area contributed by atoms with Gasteiger partial charge < -0.3 is 10.6 Å². The Labute approximate surface area is 127 Å². The van der Waals surface area contributed by atoms with Gasteiger partial charge in [-0.2, -0.15) is 0 Å². The summed E-state index contributed by atoms with van der Waals surface area (Å²) in [6.07, 6.45) is 8.16. The minimum atomic E-state index is 0.0372. The number of carbonyl (C=O) groups excluding carboxylic acids is 1. The molecule has 0 radical (unpaired) electrons. The highest BCUT2D eigenvalue weighted by atomic mass is 16.2. The molecule has 1 saturated heterocycles. The van der Waals surface area contributed by atoms with E-state index in [-0.39, 0.29) is 11.9 Å². The zero-order valence-corrected chi connectivity index (χ0v) is 13.1. The fourth-order valence-electron chi connectivity index (χ4n) is 2.76. The normalized spacial score (nSPS) is 19.8. The van der Waals surface area contributed by atoms with Crippen LogP contribution in [0.1, 0.15) is 31.2 Å². The maximum Gasteiger partial charge on any atom is 0.237 e. The van der Waals surface area contributed by atoms with E-state index in [2.05, 4.69) is 20.5 Å². The van der Waals surface area contributed by atoms with Gasteiger partial charge in [0.2, 0.25) is 5.91 Å². The monoisotopic (exact) mass is 290 g/mol. The SMILES string of the molecule is Cc1cnccc1NCCNC(=O)[C@@H]1CCCCCN1C. The zero-order chi connectivity index (χ0) is 15.1. The van der Waals surface area contributed by atoms with E-state index in [0.717, 1.165) is 37.2 Å². The summed E-state index contributed by atoms with van der Waals surface area (Å²) in [7, 11) is 2.05. The van der Waals surface area contributed by atoms with Crippen LogP contribution >= 0.6 is 0 Å². The van der Waals surface area contributed by atoms with Crippen LogP contribution in [0.4, 0.5) is 5.69 Å². The number of likely N-dealkylation sites (tertiary alicyclic amines) is 1. The Kier molecular flexibility index (Phi) is 5.99. The Morgan fingerprint density at radius 1 is 1.38 bits per heavy atom. The van der Waals surface area contributed by atoms with Crippen molar-refractivity contribution in [1.82, 2.24) is 15.2 Å². The number of amides is 1. The first-order valence-corrected chi connectivity index (χ1v) is 7.81. The summed E-state index contributed by atoms with van der Waals surface area (Å²) in [6.45, 7) is 4.42. The van der Waals surface area contributed by atoms with Crippen molar-refractivity contribution in [2.45, 2.75) is 38.6 Å². The molecule has 5 heteroatoms. The van der Waals surface area contributed by atoms with Gasteiger partial charge in [0, 0.05) is 31.2 Å². The number of nitrogens with one attached hydrogen (secondary N) is 2. The van der Waals surface area contributed by atoms with Gasteiger partial charge in [0.15, 0.2) is 0 Å². The van der Waals surface area contributed by atoms with Crippen LogP contribution in [0.3, 0.4) is 0 Å². The molecule has 0 unspecified atom stereocenters. The quantitative estimate of drug-likeness (QED) is 0.812. The van der Waals surface area contributed by atoms with Crippen LogP contribution in [0.2, 0.25) is 0 Å². The molecule has 0 spiro atoms. The second-order valence-electron chi connectivity index (χ2n) is 5.75. The molecule has 0 aromatic carbocycles. The lowest BCUT2D eigenvalue weighted by molar-refractivity contribution is -0.125. The highest BCUT2D eigenvalue weighted by molar-refractivity contribution is 5.81.